The van der Waals surface area contributed by atoms with E-state index < -0.39 is 5.82 Å². The van der Waals surface area contributed by atoms with Gasteiger partial charge in [-0.25, -0.2) is 4.39 Å². The van der Waals surface area contributed by atoms with E-state index in [-0.39, 0.29) is 28.4 Å². The first-order chi connectivity index (χ1) is 8.63. The number of morpholine rings is 1. The lowest BCUT2D eigenvalue weighted by Gasteiger charge is -2.34. The summed E-state index contributed by atoms with van der Waals surface area (Å²) in [6, 6.07) is 3.79. The van der Waals surface area contributed by atoms with Crippen LogP contribution in [0.25, 0.3) is 0 Å². The maximum absolute atomic E-state index is 13.7. The van der Waals surface area contributed by atoms with Crippen LogP contribution in [0.1, 0.15) is 10.4 Å². The van der Waals surface area contributed by atoms with Gasteiger partial charge >= 0.3 is 0 Å². The number of hydrogen-bond acceptors (Lipinski definition) is 2. The predicted molar refractivity (Wildman–Crippen MR) is 67.8 cm³/mol. The largest absolute Gasteiger partial charge is 0.377 e. The molecule has 18 heavy (non-hydrogen) atoms. The summed E-state index contributed by atoms with van der Waals surface area (Å²) in [6.07, 6.45) is 0. The van der Waals surface area contributed by atoms with E-state index in [1.807, 2.05) is 0 Å². The lowest BCUT2D eigenvalue weighted by Crippen LogP contribution is -2.49. The number of rotatable bonds is 2. The molecule has 3 nitrogen and oxygen atoms in total. The Bertz CT molecular complexity index is 456. The summed E-state index contributed by atoms with van der Waals surface area (Å²) < 4.78 is 18.9. The Hall–Kier alpha value is -0.840. The molecule has 0 aliphatic carbocycles. The zero-order chi connectivity index (χ0) is 13.1. The molecule has 1 saturated heterocycles. The van der Waals surface area contributed by atoms with E-state index in [1.54, 1.807) is 4.90 Å². The van der Waals surface area contributed by atoms with Gasteiger partial charge in [0.1, 0.15) is 5.82 Å². The van der Waals surface area contributed by atoms with Crippen LogP contribution in [-0.4, -0.2) is 42.5 Å². The lowest BCUT2D eigenvalue weighted by atomic mass is 10.1. The second kappa shape index (κ2) is 5.87. The fourth-order valence-corrected chi connectivity index (χ4v) is 2.28. The minimum Gasteiger partial charge on any atom is -0.377 e. The number of hydrogen-bond donors (Lipinski definition) is 0. The highest BCUT2D eigenvalue weighted by Crippen LogP contribution is 2.19. The first-order valence-electron chi connectivity index (χ1n) is 5.53. The van der Waals surface area contributed by atoms with Gasteiger partial charge in [0, 0.05) is 17.4 Å². The van der Waals surface area contributed by atoms with Crippen LogP contribution in [0.15, 0.2) is 18.2 Å². The van der Waals surface area contributed by atoms with Crippen molar-refractivity contribution in [1.82, 2.24) is 4.90 Å². The average molecular weight is 292 g/mol. The molecular formula is C12H12Cl2FNO2. The summed E-state index contributed by atoms with van der Waals surface area (Å²) >= 11 is 11.4. The Balaban J connectivity index is 2.24. The molecule has 1 heterocycles. The number of ether oxygens (including phenoxy) is 1. The van der Waals surface area contributed by atoms with Gasteiger partial charge in [-0.2, -0.15) is 0 Å². The summed E-state index contributed by atoms with van der Waals surface area (Å²) in [5.74, 6) is -0.730. The highest BCUT2D eigenvalue weighted by atomic mass is 35.5. The van der Waals surface area contributed by atoms with Crippen LogP contribution in [0.4, 0.5) is 4.39 Å². The number of carbonyl (C=O) groups is 1. The number of nitrogens with zero attached hydrogens (tertiary/aromatic N) is 1. The van der Waals surface area contributed by atoms with Gasteiger partial charge < -0.3 is 9.64 Å². The normalized spacial score (nSPS) is 19.9. The molecule has 0 bridgehead atoms. The van der Waals surface area contributed by atoms with Crippen molar-refractivity contribution in [3.8, 4) is 0 Å². The predicted octanol–water partition coefficient (Wildman–Crippen LogP) is 2.56. The molecule has 0 aromatic heterocycles. The molecule has 0 radical (unpaired) electrons. The van der Waals surface area contributed by atoms with Gasteiger partial charge in [0.05, 0.1) is 24.8 Å². The SMILES string of the molecule is O=C(c1ccc(Cl)cc1F)N1CCOCC1CCl. The van der Waals surface area contributed by atoms with E-state index in [2.05, 4.69) is 0 Å². The monoisotopic (exact) mass is 291 g/mol. The van der Waals surface area contributed by atoms with Crippen LogP contribution >= 0.6 is 23.2 Å². The van der Waals surface area contributed by atoms with Crippen LogP contribution < -0.4 is 0 Å². The van der Waals surface area contributed by atoms with Gasteiger partial charge in [-0.3, -0.25) is 4.79 Å². The Morgan fingerprint density at radius 1 is 1.56 bits per heavy atom. The zero-order valence-corrected chi connectivity index (χ0v) is 11.0. The van der Waals surface area contributed by atoms with Crippen molar-refractivity contribution < 1.29 is 13.9 Å². The van der Waals surface area contributed by atoms with Gasteiger partial charge in [0.25, 0.3) is 5.91 Å². The highest BCUT2D eigenvalue weighted by Gasteiger charge is 2.28. The van der Waals surface area contributed by atoms with Crippen LogP contribution in [0, 0.1) is 5.82 Å². The van der Waals surface area contributed by atoms with E-state index in [1.165, 1.54) is 12.1 Å². The van der Waals surface area contributed by atoms with Gasteiger partial charge in [0.2, 0.25) is 0 Å². The molecule has 1 aliphatic rings. The zero-order valence-electron chi connectivity index (χ0n) is 9.54. The van der Waals surface area contributed by atoms with Gasteiger partial charge in [-0.05, 0) is 18.2 Å². The highest BCUT2D eigenvalue weighted by molar-refractivity contribution is 6.30. The molecule has 98 valence electrons. The van der Waals surface area contributed by atoms with E-state index in [9.17, 15) is 9.18 Å². The Morgan fingerprint density at radius 3 is 3.00 bits per heavy atom. The van der Waals surface area contributed by atoms with E-state index in [4.69, 9.17) is 27.9 Å². The third kappa shape index (κ3) is 2.76. The van der Waals surface area contributed by atoms with Crippen LogP contribution in [0.5, 0.6) is 0 Å². The quantitative estimate of drug-likeness (QED) is 0.784. The smallest absolute Gasteiger partial charge is 0.257 e. The molecule has 1 amide bonds. The summed E-state index contributed by atoms with van der Waals surface area (Å²) in [6.45, 7) is 1.23. The van der Waals surface area contributed by atoms with E-state index in [0.29, 0.717) is 19.8 Å². The third-order valence-electron chi connectivity index (χ3n) is 2.83. The van der Waals surface area contributed by atoms with Gasteiger partial charge in [0.15, 0.2) is 0 Å². The summed E-state index contributed by atoms with van der Waals surface area (Å²) in [7, 11) is 0. The number of amides is 1. The summed E-state index contributed by atoms with van der Waals surface area (Å²) in [4.78, 5) is 13.8. The van der Waals surface area contributed by atoms with E-state index in [0.717, 1.165) is 6.07 Å². The van der Waals surface area contributed by atoms with Crippen LogP contribution in [0.2, 0.25) is 5.02 Å². The Labute approximate surface area is 114 Å². The number of benzene rings is 1. The first kappa shape index (κ1) is 13.6. The molecular weight excluding hydrogens is 280 g/mol. The number of carbonyl (C=O) groups excluding carboxylic acids is 1. The molecule has 0 spiro atoms. The van der Waals surface area contributed by atoms with E-state index >= 15 is 0 Å². The van der Waals surface area contributed by atoms with Crippen molar-refractivity contribution in [2.24, 2.45) is 0 Å². The van der Waals surface area contributed by atoms with Crippen LogP contribution in [-0.2, 0) is 4.74 Å². The molecule has 1 atom stereocenters. The number of alkyl halides is 1. The minimum atomic E-state index is -0.618. The van der Waals surface area contributed by atoms with Gasteiger partial charge in [-0.1, -0.05) is 11.6 Å². The lowest BCUT2D eigenvalue weighted by molar-refractivity contribution is 0.00431. The molecule has 1 aromatic carbocycles. The van der Waals surface area contributed by atoms with Crippen molar-refractivity contribution >= 4 is 29.1 Å². The third-order valence-corrected chi connectivity index (χ3v) is 3.42. The second-order valence-corrected chi connectivity index (χ2v) is 4.75. The summed E-state index contributed by atoms with van der Waals surface area (Å²) in [5, 5.41) is 0.264. The topological polar surface area (TPSA) is 29.5 Å². The van der Waals surface area contributed by atoms with Crippen molar-refractivity contribution in [2.75, 3.05) is 25.6 Å². The molecule has 1 fully saturated rings. The molecule has 1 aliphatic heterocycles. The van der Waals surface area contributed by atoms with Gasteiger partial charge in [-0.15, -0.1) is 11.6 Å². The van der Waals surface area contributed by atoms with Crippen LogP contribution in [0.3, 0.4) is 0 Å². The maximum Gasteiger partial charge on any atom is 0.257 e. The average Bonchev–Trinajstić information content (AvgIpc) is 2.38. The van der Waals surface area contributed by atoms with Crippen molar-refractivity contribution in [1.29, 1.82) is 0 Å². The van der Waals surface area contributed by atoms with Crippen molar-refractivity contribution in [2.45, 2.75) is 6.04 Å². The molecule has 2 rings (SSSR count). The fourth-order valence-electron chi connectivity index (χ4n) is 1.87. The summed E-state index contributed by atoms with van der Waals surface area (Å²) in [5.41, 5.74) is 0.0106. The number of halogens is 3. The standard InChI is InChI=1S/C12H12Cl2FNO2/c13-6-9-7-18-4-3-16(9)12(17)10-2-1-8(14)5-11(10)15/h1-2,5,9H,3-4,6-7H2. The fraction of sp³-hybridized carbons (Fsp3) is 0.417. The Kier molecular flexibility index (Phi) is 4.43. The second-order valence-electron chi connectivity index (χ2n) is 4.01. The first-order valence-corrected chi connectivity index (χ1v) is 6.44. The molecule has 1 aromatic rings. The molecule has 0 saturated carbocycles. The molecule has 1 unspecified atom stereocenters. The van der Waals surface area contributed by atoms with Crippen molar-refractivity contribution in [3.05, 3.63) is 34.6 Å². The Morgan fingerprint density at radius 2 is 2.33 bits per heavy atom. The van der Waals surface area contributed by atoms with Crippen molar-refractivity contribution in [3.63, 3.8) is 0 Å². The maximum atomic E-state index is 13.7. The molecule has 6 heteroatoms. The molecule has 0 N–H and O–H groups in total. The minimum absolute atomic E-state index is 0.0106.